The second-order valence-corrected chi connectivity index (χ2v) is 4.79. The average molecular weight is 252 g/mol. The number of carbonyl (C=O) groups is 1. The van der Waals surface area contributed by atoms with Crippen LogP contribution in [0.1, 0.15) is 25.8 Å². The van der Waals surface area contributed by atoms with Gasteiger partial charge in [0.1, 0.15) is 5.82 Å². The minimum absolute atomic E-state index is 0.0140. The van der Waals surface area contributed by atoms with Gasteiger partial charge in [-0.05, 0) is 37.5 Å². The van der Waals surface area contributed by atoms with E-state index in [1.807, 2.05) is 19.9 Å². The molecule has 0 aliphatic heterocycles. The van der Waals surface area contributed by atoms with E-state index in [-0.39, 0.29) is 23.7 Å². The zero-order valence-corrected chi connectivity index (χ0v) is 10.9. The fourth-order valence-electron chi connectivity index (χ4n) is 1.71. The third-order valence-electron chi connectivity index (χ3n) is 2.78. The minimum atomic E-state index is -0.267. The van der Waals surface area contributed by atoms with Gasteiger partial charge in [0.05, 0.1) is 0 Å². The predicted octanol–water partition coefficient (Wildman–Crippen LogP) is 1.86. The lowest BCUT2D eigenvalue weighted by atomic mass is 10.0. The summed E-state index contributed by atoms with van der Waals surface area (Å²) in [7, 11) is 0. The Bertz CT molecular complexity index is 393. The van der Waals surface area contributed by atoms with Gasteiger partial charge in [0.15, 0.2) is 0 Å². The molecule has 2 atom stereocenters. The normalized spacial score (nSPS) is 14.0. The molecular formula is C14H21FN2O. The van der Waals surface area contributed by atoms with Crippen LogP contribution in [-0.2, 0) is 11.2 Å². The zero-order chi connectivity index (χ0) is 13.5. The van der Waals surface area contributed by atoms with Crippen molar-refractivity contribution in [3.05, 3.63) is 35.6 Å². The number of amides is 1. The van der Waals surface area contributed by atoms with Crippen molar-refractivity contribution in [3.8, 4) is 0 Å². The van der Waals surface area contributed by atoms with Crippen molar-refractivity contribution >= 4 is 5.91 Å². The minimum Gasteiger partial charge on any atom is -0.356 e. The van der Waals surface area contributed by atoms with Gasteiger partial charge in [-0.3, -0.25) is 4.79 Å². The highest BCUT2D eigenvalue weighted by molar-refractivity contribution is 5.78. The Morgan fingerprint density at radius 2 is 2.17 bits per heavy atom. The highest BCUT2D eigenvalue weighted by Crippen LogP contribution is 2.10. The number of halogens is 1. The molecule has 2 unspecified atom stereocenters. The van der Waals surface area contributed by atoms with E-state index in [9.17, 15) is 9.18 Å². The highest BCUT2D eigenvalue weighted by Gasteiger charge is 2.13. The Kier molecular flexibility index (Phi) is 5.78. The first-order chi connectivity index (χ1) is 8.49. The van der Waals surface area contributed by atoms with E-state index in [0.717, 1.165) is 12.0 Å². The molecule has 0 fully saturated rings. The number of hydrogen-bond donors (Lipinski definition) is 2. The van der Waals surface area contributed by atoms with Crippen LogP contribution >= 0.6 is 0 Å². The maximum absolute atomic E-state index is 13.0. The fourth-order valence-corrected chi connectivity index (χ4v) is 1.71. The largest absolute Gasteiger partial charge is 0.356 e. The molecule has 1 aromatic rings. The van der Waals surface area contributed by atoms with Crippen LogP contribution < -0.4 is 11.1 Å². The monoisotopic (exact) mass is 252 g/mol. The maximum Gasteiger partial charge on any atom is 0.223 e. The van der Waals surface area contributed by atoms with E-state index in [0.29, 0.717) is 13.0 Å². The zero-order valence-electron chi connectivity index (χ0n) is 10.9. The van der Waals surface area contributed by atoms with E-state index < -0.39 is 0 Å². The quantitative estimate of drug-likeness (QED) is 0.812. The number of nitrogens with two attached hydrogens (primary N) is 1. The van der Waals surface area contributed by atoms with Gasteiger partial charge >= 0.3 is 0 Å². The molecule has 100 valence electrons. The Labute approximate surface area is 108 Å². The lowest BCUT2D eigenvalue weighted by molar-refractivity contribution is -0.124. The first kappa shape index (κ1) is 14.6. The third-order valence-corrected chi connectivity index (χ3v) is 2.78. The van der Waals surface area contributed by atoms with Crippen molar-refractivity contribution in [2.75, 3.05) is 6.54 Å². The van der Waals surface area contributed by atoms with Gasteiger partial charge < -0.3 is 11.1 Å². The Hall–Kier alpha value is -1.42. The predicted molar refractivity (Wildman–Crippen MR) is 70.5 cm³/mol. The van der Waals surface area contributed by atoms with Gasteiger partial charge in [-0.15, -0.1) is 0 Å². The van der Waals surface area contributed by atoms with Crippen LogP contribution in [0.4, 0.5) is 4.39 Å². The molecule has 3 N–H and O–H groups in total. The van der Waals surface area contributed by atoms with Crippen LogP contribution in [0.2, 0.25) is 0 Å². The van der Waals surface area contributed by atoms with Crippen molar-refractivity contribution in [3.63, 3.8) is 0 Å². The number of rotatable bonds is 6. The summed E-state index contributed by atoms with van der Waals surface area (Å²) in [5.74, 6) is -0.447. The maximum atomic E-state index is 13.0. The fraction of sp³-hybridized carbons (Fsp3) is 0.500. The summed E-state index contributed by atoms with van der Waals surface area (Å²) in [6.07, 6.45) is 1.31. The van der Waals surface area contributed by atoms with E-state index in [1.54, 1.807) is 6.07 Å². The van der Waals surface area contributed by atoms with Gasteiger partial charge in [0, 0.05) is 18.5 Å². The van der Waals surface area contributed by atoms with E-state index in [2.05, 4.69) is 5.32 Å². The summed E-state index contributed by atoms with van der Waals surface area (Å²) in [5, 5.41) is 2.84. The summed E-state index contributed by atoms with van der Waals surface area (Å²) in [5.41, 5.74) is 6.44. The number of nitrogens with one attached hydrogen (secondary N) is 1. The Morgan fingerprint density at radius 1 is 1.44 bits per heavy atom. The molecule has 0 radical (unpaired) electrons. The standard InChI is InChI=1S/C14H21FN2O/c1-10(14(18)17-7-6-11(2)16)8-12-4-3-5-13(15)9-12/h3-5,9-11H,6-8,16H2,1-2H3,(H,17,18). The molecule has 18 heavy (non-hydrogen) atoms. The number of benzene rings is 1. The first-order valence-corrected chi connectivity index (χ1v) is 6.26. The SMILES string of the molecule is CC(N)CCNC(=O)C(C)Cc1cccc(F)c1. The molecule has 1 aromatic carbocycles. The average Bonchev–Trinajstić information content (AvgIpc) is 2.28. The number of hydrogen-bond acceptors (Lipinski definition) is 2. The van der Waals surface area contributed by atoms with Gasteiger partial charge in [0.25, 0.3) is 0 Å². The second-order valence-electron chi connectivity index (χ2n) is 4.79. The molecule has 0 bridgehead atoms. The van der Waals surface area contributed by atoms with Crippen LogP contribution in [-0.4, -0.2) is 18.5 Å². The molecule has 0 aliphatic rings. The molecule has 0 spiro atoms. The first-order valence-electron chi connectivity index (χ1n) is 6.26. The van der Waals surface area contributed by atoms with Crippen molar-refractivity contribution in [2.24, 2.45) is 11.7 Å². The summed E-state index contributed by atoms with van der Waals surface area (Å²) in [4.78, 5) is 11.8. The summed E-state index contributed by atoms with van der Waals surface area (Å²) in [6, 6.07) is 6.44. The lowest BCUT2D eigenvalue weighted by Crippen LogP contribution is -2.33. The van der Waals surface area contributed by atoms with Crippen molar-refractivity contribution in [1.29, 1.82) is 0 Å². The summed E-state index contributed by atoms with van der Waals surface area (Å²) >= 11 is 0. The van der Waals surface area contributed by atoms with E-state index in [1.165, 1.54) is 12.1 Å². The molecular weight excluding hydrogens is 231 g/mol. The molecule has 0 saturated heterocycles. The van der Waals surface area contributed by atoms with Crippen molar-refractivity contribution < 1.29 is 9.18 Å². The van der Waals surface area contributed by atoms with Gasteiger partial charge in [-0.1, -0.05) is 19.1 Å². The van der Waals surface area contributed by atoms with Crippen LogP contribution in [0, 0.1) is 11.7 Å². The molecule has 0 aliphatic carbocycles. The van der Waals surface area contributed by atoms with Gasteiger partial charge in [-0.25, -0.2) is 4.39 Å². The van der Waals surface area contributed by atoms with E-state index >= 15 is 0 Å². The third kappa shape index (κ3) is 5.27. The Morgan fingerprint density at radius 3 is 2.78 bits per heavy atom. The molecule has 3 nitrogen and oxygen atoms in total. The lowest BCUT2D eigenvalue weighted by Gasteiger charge is -2.13. The van der Waals surface area contributed by atoms with E-state index in [4.69, 9.17) is 5.73 Å². The smallest absolute Gasteiger partial charge is 0.223 e. The van der Waals surface area contributed by atoms with Crippen molar-refractivity contribution in [1.82, 2.24) is 5.32 Å². The molecule has 1 amide bonds. The van der Waals surface area contributed by atoms with Crippen LogP contribution in [0.3, 0.4) is 0 Å². The van der Waals surface area contributed by atoms with Crippen LogP contribution in [0.25, 0.3) is 0 Å². The van der Waals surface area contributed by atoms with Crippen LogP contribution in [0.5, 0.6) is 0 Å². The highest BCUT2D eigenvalue weighted by atomic mass is 19.1. The summed E-state index contributed by atoms with van der Waals surface area (Å²) in [6.45, 7) is 4.33. The second kappa shape index (κ2) is 7.11. The molecule has 0 saturated carbocycles. The molecule has 4 heteroatoms. The molecule has 0 aromatic heterocycles. The number of carbonyl (C=O) groups excluding carboxylic acids is 1. The molecule has 1 rings (SSSR count). The summed E-state index contributed by atoms with van der Waals surface area (Å²) < 4.78 is 13.0. The topological polar surface area (TPSA) is 55.1 Å². The van der Waals surface area contributed by atoms with Gasteiger partial charge in [-0.2, -0.15) is 0 Å². The Balaban J connectivity index is 2.40. The van der Waals surface area contributed by atoms with Crippen LogP contribution in [0.15, 0.2) is 24.3 Å². The van der Waals surface area contributed by atoms with Gasteiger partial charge in [0.2, 0.25) is 5.91 Å². The molecule has 0 heterocycles. The van der Waals surface area contributed by atoms with Crippen molar-refractivity contribution in [2.45, 2.75) is 32.7 Å².